The zero-order chi connectivity index (χ0) is 14.2. The summed E-state index contributed by atoms with van der Waals surface area (Å²) in [6.45, 7) is 4.71. The van der Waals surface area contributed by atoms with Crippen molar-refractivity contribution >= 4 is 0 Å². The van der Waals surface area contributed by atoms with Crippen molar-refractivity contribution < 1.29 is 4.74 Å². The molecule has 1 fully saturated rings. The monoisotopic (exact) mass is 273 g/mol. The molecule has 0 radical (unpaired) electrons. The molecular weight excluding hydrogens is 246 g/mol. The Morgan fingerprint density at radius 2 is 2.05 bits per heavy atom. The van der Waals surface area contributed by atoms with E-state index in [1.165, 1.54) is 31.2 Å². The van der Waals surface area contributed by atoms with Gasteiger partial charge in [-0.2, -0.15) is 0 Å². The van der Waals surface area contributed by atoms with E-state index in [1.54, 1.807) is 0 Å². The van der Waals surface area contributed by atoms with Gasteiger partial charge < -0.3 is 10.1 Å². The second-order valence-electron chi connectivity index (χ2n) is 6.97. The maximum Gasteiger partial charge on any atom is 0.124 e. The number of benzene rings is 1. The molecule has 0 saturated heterocycles. The molecule has 3 atom stereocenters. The van der Waals surface area contributed by atoms with Gasteiger partial charge in [0.15, 0.2) is 0 Å². The lowest BCUT2D eigenvalue weighted by atomic mass is 9.70. The molecule has 1 heterocycles. The van der Waals surface area contributed by atoms with Crippen molar-refractivity contribution in [1.82, 2.24) is 5.32 Å². The fraction of sp³-hybridized carbons (Fsp3) is 0.667. The van der Waals surface area contributed by atoms with Gasteiger partial charge in [0.2, 0.25) is 0 Å². The fourth-order valence-corrected chi connectivity index (χ4v) is 4.09. The predicted octanol–water partition coefficient (Wildman–Crippen LogP) is 4.31. The van der Waals surface area contributed by atoms with Crippen LogP contribution in [-0.2, 0) is 0 Å². The van der Waals surface area contributed by atoms with Crippen LogP contribution in [-0.4, -0.2) is 12.6 Å². The lowest BCUT2D eigenvalue weighted by Gasteiger charge is -2.47. The molecule has 2 nitrogen and oxygen atoms in total. The number of hydrogen-bond acceptors (Lipinski definition) is 2. The molecule has 2 heteroatoms. The molecule has 0 aromatic heterocycles. The summed E-state index contributed by atoms with van der Waals surface area (Å²) in [6, 6.07) is 8.98. The van der Waals surface area contributed by atoms with E-state index in [0.717, 1.165) is 24.0 Å². The molecule has 2 aliphatic rings. The summed E-state index contributed by atoms with van der Waals surface area (Å²) in [4.78, 5) is 0. The highest BCUT2D eigenvalue weighted by Crippen LogP contribution is 2.48. The number of nitrogens with one attached hydrogen (secondary N) is 1. The fourth-order valence-electron chi connectivity index (χ4n) is 4.09. The minimum Gasteiger partial charge on any atom is -0.487 e. The van der Waals surface area contributed by atoms with Gasteiger partial charge in [0.05, 0.1) is 0 Å². The minimum absolute atomic E-state index is 0.0647. The van der Waals surface area contributed by atoms with Crippen LogP contribution < -0.4 is 10.1 Å². The molecular formula is C18H27NO. The van der Waals surface area contributed by atoms with Crippen molar-refractivity contribution in [2.75, 3.05) is 7.05 Å². The van der Waals surface area contributed by atoms with E-state index >= 15 is 0 Å². The molecule has 3 unspecified atom stereocenters. The molecule has 1 spiro atoms. The molecule has 1 aromatic carbocycles. The van der Waals surface area contributed by atoms with E-state index in [4.69, 9.17) is 4.74 Å². The lowest BCUT2D eigenvalue weighted by Crippen LogP contribution is -2.47. The molecule has 1 N–H and O–H groups in total. The Kier molecular flexibility index (Phi) is 3.76. The normalized spacial score (nSPS) is 33.0. The Morgan fingerprint density at radius 1 is 1.25 bits per heavy atom. The third-order valence-electron chi connectivity index (χ3n) is 5.33. The van der Waals surface area contributed by atoms with E-state index in [1.807, 2.05) is 0 Å². The van der Waals surface area contributed by atoms with Gasteiger partial charge in [-0.05, 0) is 50.6 Å². The zero-order valence-electron chi connectivity index (χ0n) is 13.0. The van der Waals surface area contributed by atoms with Gasteiger partial charge in [-0.1, -0.05) is 32.0 Å². The summed E-state index contributed by atoms with van der Waals surface area (Å²) in [5.74, 6) is 2.68. The second kappa shape index (κ2) is 5.40. The van der Waals surface area contributed by atoms with Crippen molar-refractivity contribution in [3.8, 4) is 5.75 Å². The zero-order valence-corrected chi connectivity index (χ0v) is 13.0. The van der Waals surface area contributed by atoms with Crippen LogP contribution in [0.1, 0.15) is 57.6 Å². The first-order chi connectivity index (χ1) is 9.63. The summed E-state index contributed by atoms with van der Waals surface area (Å²) < 4.78 is 6.53. The summed E-state index contributed by atoms with van der Waals surface area (Å²) in [5, 5.41) is 3.50. The van der Waals surface area contributed by atoms with Crippen LogP contribution in [0.25, 0.3) is 0 Å². The smallest absolute Gasteiger partial charge is 0.124 e. The number of ether oxygens (including phenoxy) is 1. The van der Waals surface area contributed by atoms with Gasteiger partial charge in [-0.25, -0.2) is 0 Å². The maximum atomic E-state index is 6.53. The molecule has 1 aliphatic heterocycles. The van der Waals surface area contributed by atoms with Crippen LogP contribution in [0.2, 0.25) is 0 Å². The van der Waals surface area contributed by atoms with E-state index in [2.05, 4.69) is 50.5 Å². The van der Waals surface area contributed by atoms with E-state index in [9.17, 15) is 0 Å². The second-order valence-corrected chi connectivity index (χ2v) is 6.97. The Labute approximate surface area is 122 Å². The molecule has 20 heavy (non-hydrogen) atoms. The van der Waals surface area contributed by atoms with Crippen molar-refractivity contribution in [1.29, 1.82) is 0 Å². The van der Waals surface area contributed by atoms with Crippen LogP contribution in [0.4, 0.5) is 0 Å². The molecule has 0 amide bonds. The Balaban J connectivity index is 1.89. The van der Waals surface area contributed by atoms with Crippen molar-refractivity contribution in [2.45, 2.75) is 57.6 Å². The van der Waals surface area contributed by atoms with Crippen LogP contribution in [0.15, 0.2) is 24.3 Å². The highest BCUT2D eigenvalue weighted by molar-refractivity contribution is 5.39. The first-order valence-corrected chi connectivity index (χ1v) is 8.09. The van der Waals surface area contributed by atoms with Gasteiger partial charge in [-0.15, -0.1) is 0 Å². The maximum absolute atomic E-state index is 6.53. The molecule has 3 rings (SSSR count). The van der Waals surface area contributed by atoms with E-state index < -0.39 is 0 Å². The van der Waals surface area contributed by atoms with E-state index in [-0.39, 0.29) is 5.60 Å². The standard InChI is InChI=1S/C18H27NO/c1-13(2)14-7-6-10-18(11-14)12-16(19-3)15-8-4-5-9-17(15)20-18/h4-5,8-9,13-14,16,19H,6-7,10-12H2,1-3H3. The average Bonchev–Trinajstić information content (AvgIpc) is 2.46. The highest BCUT2D eigenvalue weighted by atomic mass is 16.5. The van der Waals surface area contributed by atoms with Crippen LogP contribution in [0.5, 0.6) is 5.75 Å². The summed E-state index contributed by atoms with van der Waals surface area (Å²) in [7, 11) is 2.07. The Morgan fingerprint density at radius 3 is 2.80 bits per heavy atom. The highest BCUT2D eigenvalue weighted by Gasteiger charge is 2.44. The largest absolute Gasteiger partial charge is 0.487 e. The van der Waals surface area contributed by atoms with Crippen LogP contribution in [0, 0.1) is 11.8 Å². The molecule has 1 aliphatic carbocycles. The van der Waals surface area contributed by atoms with Crippen molar-refractivity contribution in [3.05, 3.63) is 29.8 Å². The first-order valence-electron chi connectivity index (χ1n) is 8.09. The number of fused-ring (bicyclic) bond motifs is 1. The quantitative estimate of drug-likeness (QED) is 0.866. The van der Waals surface area contributed by atoms with Crippen LogP contribution in [0.3, 0.4) is 0 Å². The summed E-state index contributed by atoms with van der Waals surface area (Å²) in [6.07, 6.45) is 6.22. The predicted molar refractivity (Wildman–Crippen MR) is 83.0 cm³/mol. The van der Waals surface area contributed by atoms with E-state index in [0.29, 0.717) is 6.04 Å². The SMILES string of the molecule is CNC1CC2(CCCC(C(C)C)C2)Oc2ccccc21. The molecule has 1 saturated carbocycles. The molecule has 1 aromatic rings. The minimum atomic E-state index is 0.0647. The lowest BCUT2D eigenvalue weighted by molar-refractivity contribution is -0.0279. The topological polar surface area (TPSA) is 21.3 Å². The average molecular weight is 273 g/mol. The van der Waals surface area contributed by atoms with Gasteiger partial charge in [-0.3, -0.25) is 0 Å². The summed E-state index contributed by atoms with van der Waals surface area (Å²) >= 11 is 0. The summed E-state index contributed by atoms with van der Waals surface area (Å²) in [5.41, 5.74) is 1.39. The van der Waals surface area contributed by atoms with Gasteiger partial charge in [0, 0.05) is 18.0 Å². The molecule has 0 bridgehead atoms. The van der Waals surface area contributed by atoms with Gasteiger partial charge in [0.1, 0.15) is 11.4 Å². The Hall–Kier alpha value is -1.02. The third kappa shape index (κ3) is 2.46. The third-order valence-corrected chi connectivity index (χ3v) is 5.33. The number of rotatable bonds is 2. The Bertz CT molecular complexity index is 470. The molecule has 110 valence electrons. The van der Waals surface area contributed by atoms with Crippen molar-refractivity contribution in [3.63, 3.8) is 0 Å². The van der Waals surface area contributed by atoms with Crippen LogP contribution >= 0.6 is 0 Å². The van der Waals surface area contributed by atoms with Gasteiger partial charge >= 0.3 is 0 Å². The number of para-hydroxylation sites is 1. The number of hydrogen-bond donors (Lipinski definition) is 1. The first kappa shape index (κ1) is 13.9. The van der Waals surface area contributed by atoms with Crippen molar-refractivity contribution in [2.24, 2.45) is 11.8 Å². The van der Waals surface area contributed by atoms with Gasteiger partial charge in [0.25, 0.3) is 0 Å².